The van der Waals surface area contributed by atoms with Crippen molar-refractivity contribution in [2.75, 3.05) is 6.54 Å². The molecule has 0 bridgehead atoms. The van der Waals surface area contributed by atoms with E-state index in [1.807, 2.05) is 0 Å². The number of amides is 1. The van der Waals surface area contributed by atoms with Gasteiger partial charge in [0, 0.05) is 6.54 Å². The second-order valence-electron chi connectivity index (χ2n) is 3.14. The van der Waals surface area contributed by atoms with E-state index in [0.717, 1.165) is 25.7 Å². The zero-order valence-electron chi connectivity index (χ0n) is 8.38. The summed E-state index contributed by atoms with van der Waals surface area (Å²) in [6.07, 6.45) is 5.75. The van der Waals surface area contributed by atoms with Gasteiger partial charge < -0.3 is 11.1 Å². The van der Waals surface area contributed by atoms with Crippen molar-refractivity contribution >= 4 is 5.91 Å². The zero-order chi connectivity index (χ0) is 10.1. The van der Waals surface area contributed by atoms with E-state index in [1.54, 1.807) is 6.08 Å². The maximum atomic E-state index is 11.2. The highest BCUT2D eigenvalue weighted by Crippen LogP contribution is 2.01. The van der Waals surface area contributed by atoms with Crippen molar-refractivity contribution < 1.29 is 4.79 Å². The summed E-state index contributed by atoms with van der Waals surface area (Å²) < 4.78 is 0. The Morgan fingerprint density at radius 1 is 1.62 bits per heavy atom. The number of hydrogen-bond acceptors (Lipinski definition) is 2. The first-order valence-corrected chi connectivity index (χ1v) is 4.86. The van der Waals surface area contributed by atoms with Crippen LogP contribution in [0.2, 0.25) is 0 Å². The normalized spacial score (nSPS) is 12.2. The molecule has 0 spiro atoms. The van der Waals surface area contributed by atoms with E-state index in [4.69, 9.17) is 5.73 Å². The Kier molecular flexibility index (Phi) is 7.30. The first-order chi connectivity index (χ1) is 6.22. The van der Waals surface area contributed by atoms with Gasteiger partial charge in [0.05, 0.1) is 6.04 Å². The maximum absolute atomic E-state index is 11.2. The molecule has 0 aliphatic heterocycles. The molecule has 1 atom stereocenters. The molecule has 3 heteroatoms. The number of nitrogens with one attached hydrogen (secondary N) is 1. The highest BCUT2D eigenvalue weighted by molar-refractivity contribution is 5.81. The highest BCUT2D eigenvalue weighted by atomic mass is 16.2. The van der Waals surface area contributed by atoms with Crippen LogP contribution in [0.5, 0.6) is 0 Å². The molecule has 0 rings (SSSR count). The summed E-state index contributed by atoms with van der Waals surface area (Å²) in [6, 6.07) is -0.355. The summed E-state index contributed by atoms with van der Waals surface area (Å²) in [7, 11) is 0. The number of carbonyl (C=O) groups is 1. The minimum absolute atomic E-state index is 0.0731. The van der Waals surface area contributed by atoms with Crippen molar-refractivity contribution in [3.63, 3.8) is 0 Å². The predicted octanol–water partition coefficient (Wildman–Crippen LogP) is 1.20. The molecule has 0 saturated heterocycles. The van der Waals surface area contributed by atoms with Gasteiger partial charge in [-0.25, -0.2) is 0 Å². The van der Waals surface area contributed by atoms with E-state index < -0.39 is 0 Å². The average molecular weight is 184 g/mol. The summed E-state index contributed by atoms with van der Waals surface area (Å²) in [5.74, 6) is -0.0731. The zero-order valence-corrected chi connectivity index (χ0v) is 8.38. The Balaban J connectivity index is 3.50. The topological polar surface area (TPSA) is 55.1 Å². The van der Waals surface area contributed by atoms with Crippen molar-refractivity contribution in [2.45, 2.75) is 38.6 Å². The minimum atomic E-state index is -0.355. The number of unbranched alkanes of at least 4 members (excludes halogenated alkanes) is 2. The summed E-state index contributed by atoms with van der Waals surface area (Å²) in [5, 5.41) is 2.68. The largest absolute Gasteiger partial charge is 0.351 e. The van der Waals surface area contributed by atoms with Gasteiger partial charge in [0.2, 0.25) is 5.91 Å². The molecule has 0 heterocycles. The third kappa shape index (κ3) is 6.34. The SMILES string of the molecule is C=CCNC(=O)[C@H](N)CCCCC. The van der Waals surface area contributed by atoms with Crippen LogP contribution in [0.15, 0.2) is 12.7 Å². The summed E-state index contributed by atoms with van der Waals surface area (Å²) in [4.78, 5) is 11.2. The van der Waals surface area contributed by atoms with Crippen molar-refractivity contribution in [1.29, 1.82) is 0 Å². The predicted molar refractivity (Wildman–Crippen MR) is 55.3 cm³/mol. The van der Waals surface area contributed by atoms with Gasteiger partial charge in [-0.3, -0.25) is 4.79 Å². The fraction of sp³-hybridized carbons (Fsp3) is 0.700. The first-order valence-electron chi connectivity index (χ1n) is 4.86. The molecule has 3 nitrogen and oxygen atoms in total. The van der Waals surface area contributed by atoms with Gasteiger partial charge >= 0.3 is 0 Å². The fourth-order valence-electron chi connectivity index (χ4n) is 1.05. The lowest BCUT2D eigenvalue weighted by molar-refractivity contribution is -0.122. The van der Waals surface area contributed by atoms with Crippen LogP contribution < -0.4 is 11.1 Å². The molecule has 0 aromatic carbocycles. The van der Waals surface area contributed by atoms with Crippen LogP contribution in [0.4, 0.5) is 0 Å². The lowest BCUT2D eigenvalue weighted by atomic mass is 10.1. The van der Waals surface area contributed by atoms with Gasteiger partial charge in [-0.1, -0.05) is 32.3 Å². The lowest BCUT2D eigenvalue weighted by Gasteiger charge is -2.10. The van der Waals surface area contributed by atoms with Crippen molar-refractivity contribution in [3.05, 3.63) is 12.7 Å². The van der Waals surface area contributed by atoms with Crippen LogP contribution in [0.25, 0.3) is 0 Å². The molecular formula is C10H20N2O. The molecule has 0 aromatic heterocycles. The minimum Gasteiger partial charge on any atom is -0.351 e. The number of rotatable bonds is 7. The number of carbonyl (C=O) groups excluding carboxylic acids is 1. The molecule has 13 heavy (non-hydrogen) atoms. The smallest absolute Gasteiger partial charge is 0.237 e. The average Bonchev–Trinajstić information content (AvgIpc) is 2.14. The Labute approximate surface area is 80.4 Å². The van der Waals surface area contributed by atoms with E-state index in [9.17, 15) is 4.79 Å². The second-order valence-corrected chi connectivity index (χ2v) is 3.14. The second kappa shape index (κ2) is 7.80. The first kappa shape index (κ1) is 12.2. The van der Waals surface area contributed by atoms with Gasteiger partial charge in [0.25, 0.3) is 0 Å². The summed E-state index contributed by atoms with van der Waals surface area (Å²) in [5.41, 5.74) is 5.65. The monoisotopic (exact) mass is 184 g/mol. The lowest BCUT2D eigenvalue weighted by Crippen LogP contribution is -2.40. The Morgan fingerprint density at radius 3 is 2.85 bits per heavy atom. The van der Waals surface area contributed by atoms with Gasteiger partial charge in [-0.15, -0.1) is 6.58 Å². The Bertz CT molecular complexity index is 157. The van der Waals surface area contributed by atoms with Crippen molar-refractivity contribution in [2.24, 2.45) is 5.73 Å². The quantitative estimate of drug-likeness (QED) is 0.461. The van der Waals surface area contributed by atoms with Crippen LogP contribution in [-0.4, -0.2) is 18.5 Å². The van der Waals surface area contributed by atoms with Crippen LogP contribution in [0.3, 0.4) is 0 Å². The van der Waals surface area contributed by atoms with Crippen molar-refractivity contribution in [1.82, 2.24) is 5.32 Å². The standard InChI is InChI=1S/C10H20N2O/c1-3-5-6-7-9(11)10(13)12-8-4-2/h4,9H,2-3,5-8,11H2,1H3,(H,12,13)/t9-/m1/s1. The van der Waals surface area contributed by atoms with Crippen LogP contribution >= 0.6 is 0 Å². The van der Waals surface area contributed by atoms with Crippen LogP contribution in [-0.2, 0) is 4.79 Å². The van der Waals surface area contributed by atoms with E-state index in [2.05, 4.69) is 18.8 Å². The Morgan fingerprint density at radius 2 is 2.31 bits per heavy atom. The van der Waals surface area contributed by atoms with Gasteiger partial charge in [-0.2, -0.15) is 0 Å². The van der Waals surface area contributed by atoms with Crippen LogP contribution in [0, 0.1) is 0 Å². The van der Waals surface area contributed by atoms with Crippen molar-refractivity contribution in [3.8, 4) is 0 Å². The number of hydrogen-bond donors (Lipinski definition) is 2. The van der Waals surface area contributed by atoms with Gasteiger partial charge in [-0.05, 0) is 6.42 Å². The van der Waals surface area contributed by atoms with E-state index in [0.29, 0.717) is 6.54 Å². The molecule has 76 valence electrons. The van der Waals surface area contributed by atoms with Gasteiger partial charge in [0.1, 0.15) is 0 Å². The van der Waals surface area contributed by atoms with E-state index >= 15 is 0 Å². The molecule has 3 N–H and O–H groups in total. The summed E-state index contributed by atoms with van der Waals surface area (Å²) in [6.45, 7) is 6.14. The van der Waals surface area contributed by atoms with Gasteiger partial charge in [0.15, 0.2) is 0 Å². The Hall–Kier alpha value is -0.830. The molecule has 0 radical (unpaired) electrons. The maximum Gasteiger partial charge on any atom is 0.237 e. The van der Waals surface area contributed by atoms with Crippen LogP contribution in [0.1, 0.15) is 32.6 Å². The van der Waals surface area contributed by atoms with E-state index in [1.165, 1.54) is 0 Å². The molecule has 0 aliphatic rings. The molecule has 0 fully saturated rings. The molecule has 0 unspecified atom stereocenters. The fourth-order valence-corrected chi connectivity index (χ4v) is 1.05. The third-order valence-electron chi connectivity index (χ3n) is 1.88. The number of nitrogens with two attached hydrogens (primary N) is 1. The molecule has 1 amide bonds. The molecule has 0 saturated carbocycles. The molecule has 0 aromatic rings. The summed E-state index contributed by atoms with van der Waals surface area (Å²) >= 11 is 0. The highest BCUT2D eigenvalue weighted by Gasteiger charge is 2.10. The molecule has 0 aliphatic carbocycles. The third-order valence-corrected chi connectivity index (χ3v) is 1.88. The van der Waals surface area contributed by atoms with E-state index in [-0.39, 0.29) is 11.9 Å². The molecular weight excluding hydrogens is 164 g/mol.